The molecule has 2 heterocycles. The molecule has 5 nitrogen and oxygen atoms in total. The van der Waals surface area contributed by atoms with E-state index in [1.54, 1.807) is 0 Å². The van der Waals surface area contributed by atoms with Crippen molar-refractivity contribution in [1.29, 1.82) is 0 Å². The van der Waals surface area contributed by atoms with Crippen molar-refractivity contribution in [2.24, 2.45) is 0 Å². The number of ether oxygens (including phenoxy) is 1. The smallest absolute Gasteiger partial charge is 0.471 e. The molecule has 0 fully saturated rings. The van der Waals surface area contributed by atoms with E-state index < -0.39 is 63.4 Å². The largest absolute Gasteiger partial charge is 0.481 e. The number of pyridine rings is 1. The van der Waals surface area contributed by atoms with Crippen molar-refractivity contribution in [2.75, 3.05) is 7.05 Å². The highest BCUT2D eigenvalue weighted by atomic mass is 19.4. The summed E-state index contributed by atoms with van der Waals surface area (Å²) in [4.78, 5) is 24.9. The quantitative estimate of drug-likeness (QED) is 0.533. The molecule has 13 heteroatoms. The highest BCUT2D eigenvalue weighted by molar-refractivity contribution is 5.88. The standard InChI is InChI=1S/C22H18F8N2O3/c1-11-12(20(23,24)22(28,29)30)8-9-13-15(11)16(32-10-6-5-7-14(32)33)17(19(2,3)35-13)31(4)18(34)21(25,26)27/h5-10H,1-4H3. The third-order valence-corrected chi connectivity index (χ3v) is 5.46. The fraction of sp³-hybridized carbons (Fsp3) is 0.364. The van der Waals surface area contributed by atoms with Crippen LogP contribution in [0.25, 0.3) is 5.70 Å². The second-order valence-corrected chi connectivity index (χ2v) is 8.26. The summed E-state index contributed by atoms with van der Waals surface area (Å²) >= 11 is 0. The van der Waals surface area contributed by atoms with E-state index in [0.717, 1.165) is 36.9 Å². The molecule has 0 radical (unpaired) electrons. The Morgan fingerprint density at radius 1 is 1.00 bits per heavy atom. The number of amides is 1. The van der Waals surface area contributed by atoms with Crippen LogP contribution in [0.4, 0.5) is 35.1 Å². The SMILES string of the molecule is Cc1c(C(F)(F)C(F)(F)F)ccc2c1C(n1ccccc1=O)=C(N(C)C(=O)C(F)(F)F)C(C)(C)O2. The van der Waals surface area contributed by atoms with Crippen LogP contribution < -0.4 is 10.3 Å². The summed E-state index contributed by atoms with van der Waals surface area (Å²) in [5.74, 6) is -7.97. The van der Waals surface area contributed by atoms with Gasteiger partial charge in [-0.3, -0.25) is 14.2 Å². The van der Waals surface area contributed by atoms with Crippen molar-refractivity contribution in [3.63, 3.8) is 0 Å². The molecule has 0 N–H and O–H groups in total. The van der Waals surface area contributed by atoms with Crippen molar-refractivity contribution >= 4 is 11.6 Å². The van der Waals surface area contributed by atoms with Crippen molar-refractivity contribution in [3.05, 3.63) is 69.3 Å². The average Bonchev–Trinajstić information content (AvgIpc) is 2.70. The van der Waals surface area contributed by atoms with Gasteiger partial charge in [-0.05, 0) is 44.5 Å². The average molecular weight is 510 g/mol. The summed E-state index contributed by atoms with van der Waals surface area (Å²) in [6.07, 6.45) is -10.3. The Morgan fingerprint density at radius 3 is 2.11 bits per heavy atom. The van der Waals surface area contributed by atoms with Gasteiger partial charge in [-0.15, -0.1) is 0 Å². The predicted octanol–water partition coefficient (Wildman–Crippen LogP) is 5.22. The van der Waals surface area contributed by atoms with Crippen LogP contribution >= 0.6 is 0 Å². The number of benzene rings is 1. The molecule has 0 saturated heterocycles. The molecule has 0 aliphatic carbocycles. The topological polar surface area (TPSA) is 51.5 Å². The summed E-state index contributed by atoms with van der Waals surface area (Å²) in [6.45, 7) is 3.41. The van der Waals surface area contributed by atoms with Gasteiger partial charge >= 0.3 is 24.2 Å². The van der Waals surface area contributed by atoms with Gasteiger partial charge in [0.15, 0.2) is 0 Å². The molecule has 1 aliphatic heterocycles. The molecule has 35 heavy (non-hydrogen) atoms. The van der Waals surface area contributed by atoms with Gasteiger partial charge in [0.2, 0.25) is 0 Å². The Balaban J connectivity index is 2.51. The monoisotopic (exact) mass is 510 g/mol. The number of likely N-dealkylation sites (N-methyl/N-ethyl adjacent to an activating group) is 1. The zero-order chi connectivity index (χ0) is 26.7. The first-order valence-corrected chi connectivity index (χ1v) is 9.88. The van der Waals surface area contributed by atoms with Crippen LogP contribution in [-0.4, -0.2) is 40.4 Å². The van der Waals surface area contributed by atoms with Gasteiger partial charge < -0.3 is 9.64 Å². The molecule has 1 aromatic heterocycles. The minimum atomic E-state index is -5.99. The summed E-state index contributed by atoms with van der Waals surface area (Å²) in [5.41, 5.74) is -6.35. The van der Waals surface area contributed by atoms with Crippen LogP contribution in [0.2, 0.25) is 0 Å². The van der Waals surface area contributed by atoms with E-state index in [2.05, 4.69) is 0 Å². The summed E-state index contributed by atoms with van der Waals surface area (Å²) in [5, 5.41) is 0. The first kappa shape index (κ1) is 26.2. The van der Waals surface area contributed by atoms with Gasteiger partial charge in [-0.25, -0.2) is 0 Å². The minimum Gasteiger partial charge on any atom is -0.481 e. The predicted molar refractivity (Wildman–Crippen MR) is 108 cm³/mol. The van der Waals surface area contributed by atoms with E-state index in [1.165, 1.54) is 26.0 Å². The van der Waals surface area contributed by atoms with Gasteiger partial charge in [0.05, 0.1) is 11.4 Å². The molecule has 3 rings (SSSR count). The highest BCUT2D eigenvalue weighted by Gasteiger charge is 2.60. The normalized spacial score (nSPS) is 16.0. The third-order valence-electron chi connectivity index (χ3n) is 5.46. The summed E-state index contributed by atoms with van der Waals surface area (Å²) in [7, 11) is 0.735. The fourth-order valence-electron chi connectivity index (χ4n) is 3.99. The molecule has 1 amide bonds. The lowest BCUT2D eigenvalue weighted by atomic mass is 9.88. The van der Waals surface area contributed by atoms with Crippen molar-refractivity contribution in [1.82, 2.24) is 9.47 Å². The maximum absolute atomic E-state index is 14.3. The molecule has 0 atom stereocenters. The lowest BCUT2D eigenvalue weighted by Crippen LogP contribution is -2.49. The number of hydrogen-bond donors (Lipinski definition) is 0. The van der Waals surface area contributed by atoms with Crippen LogP contribution in [0.3, 0.4) is 0 Å². The van der Waals surface area contributed by atoms with Crippen molar-refractivity contribution < 1.29 is 44.7 Å². The van der Waals surface area contributed by atoms with Crippen LogP contribution in [0, 0.1) is 6.92 Å². The first-order valence-electron chi connectivity index (χ1n) is 9.88. The number of alkyl halides is 8. The molecule has 0 bridgehead atoms. The van der Waals surface area contributed by atoms with Gasteiger partial charge in [0.25, 0.3) is 5.56 Å². The third kappa shape index (κ3) is 4.27. The fourth-order valence-corrected chi connectivity index (χ4v) is 3.99. The van der Waals surface area contributed by atoms with E-state index in [9.17, 15) is 44.7 Å². The van der Waals surface area contributed by atoms with Gasteiger partial charge in [-0.1, -0.05) is 6.07 Å². The molecule has 1 aliphatic rings. The van der Waals surface area contributed by atoms with Crippen LogP contribution in [-0.2, 0) is 10.7 Å². The number of aromatic nitrogens is 1. The van der Waals surface area contributed by atoms with Crippen molar-refractivity contribution in [2.45, 2.75) is 44.6 Å². The van der Waals surface area contributed by atoms with Gasteiger partial charge in [0, 0.05) is 30.4 Å². The van der Waals surface area contributed by atoms with Crippen LogP contribution in [0.1, 0.15) is 30.5 Å². The number of halogens is 8. The second-order valence-electron chi connectivity index (χ2n) is 8.26. The van der Waals surface area contributed by atoms with E-state index in [4.69, 9.17) is 4.74 Å². The van der Waals surface area contributed by atoms with Crippen LogP contribution in [0.5, 0.6) is 5.75 Å². The molecule has 0 saturated carbocycles. The van der Waals surface area contributed by atoms with E-state index >= 15 is 0 Å². The number of nitrogens with zero attached hydrogens (tertiary/aromatic N) is 2. The number of hydrogen-bond acceptors (Lipinski definition) is 3. The minimum absolute atomic E-state index is 0.145. The Labute approximate surface area is 193 Å². The van der Waals surface area contributed by atoms with E-state index in [1.807, 2.05) is 0 Å². The molecule has 0 unspecified atom stereocenters. The molecule has 1 aromatic carbocycles. The van der Waals surface area contributed by atoms with Gasteiger partial charge in [-0.2, -0.15) is 35.1 Å². The lowest BCUT2D eigenvalue weighted by molar-refractivity contribution is -0.289. The molecular weight excluding hydrogens is 492 g/mol. The summed E-state index contributed by atoms with van der Waals surface area (Å²) < 4.78 is 114. The lowest BCUT2D eigenvalue weighted by Gasteiger charge is -2.41. The van der Waals surface area contributed by atoms with Crippen LogP contribution in [0.15, 0.2) is 47.0 Å². The Morgan fingerprint density at radius 2 is 1.60 bits per heavy atom. The molecule has 0 spiro atoms. The number of carbonyl (C=O) groups is 1. The number of carbonyl (C=O) groups excluding carboxylic acids is 1. The van der Waals surface area contributed by atoms with Crippen molar-refractivity contribution in [3.8, 4) is 5.75 Å². The number of fused-ring (bicyclic) bond motifs is 1. The molecule has 190 valence electrons. The zero-order valence-electron chi connectivity index (χ0n) is 18.6. The highest BCUT2D eigenvalue weighted by Crippen LogP contribution is 2.50. The molecule has 2 aromatic rings. The zero-order valence-corrected chi connectivity index (χ0v) is 18.6. The van der Waals surface area contributed by atoms with E-state index in [0.29, 0.717) is 6.07 Å². The summed E-state index contributed by atoms with van der Waals surface area (Å²) in [6, 6.07) is 4.90. The Kier molecular flexibility index (Phi) is 6.06. The Hall–Kier alpha value is -3.38. The van der Waals surface area contributed by atoms with E-state index in [-0.39, 0.29) is 10.6 Å². The molecular formula is C22H18F8N2O3. The maximum atomic E-state index is 14.3. The second kappa shape index (κ2) is 8.09. The number of rotatable bonds is 3. The Bertz CT molecular complexity index is 1270. The van der Waals surface area contributed by atoms with Gasteiger partial charge in [0.1, 0.15) is 11.4 Å². The maximum Gasteiger partial charge on any atom is 0.471 e. The first-order chi connectivity index (χ1) is 15.8.